The quantitative estimate of drug-likeness (QED) is 0.0278. The van der Waals surface area contributed by atoms with Crippen LogP contribution in [0, 0.1) is 12.3 Å². The number of piperidine rings is 1. The molecule has 5 aromatic rings. The van der Waals surface area contributed by atoms with Gasteiger partial charge in [-0.05, 0) is 108 Å². The summed E-state index contributed by atoms with van der Waals surface area (Å²) < 4.78 is 43.8. The maximum atomic E-state index is 15.2. The average molecular weight is 919 g/mol. The Morgan fingerprint density at radius 3 is 2.47 bits per heavy atom. The monoisotopic (exact) mass is 918 g/mol. The van der Waals surface area contributed by atoms with Crippen LogP contribution in [0.1, 0.15) is 108 Å². The Hall–Kier alpha value is -5.69. The number of aromatic nitrogens is 3. The van der Waals surface area contributed by atoms with Crippen LogP contribution in [0.15, 0.2) is 48.5 Å². The summed E-state index contributed by atoms with van der Waals surface area (Å²) in [4.78, 5) is 24.3. The summed E-state index contributed by atoms with van der Waals surface area (Å²) in [5.74, 6) is -1.89. The van der Waals surface area contributed by atoms with Crippen LogP contribution in [-0.2, 0) is 10.7 Å². The van der Waals surface area contributed by atoms with Crippen LogP contribution in [0.4, 0.5) is 26.0 Å². The third-order valence-corrected chi connectivity index (χ3v) is 13.0. The number of aromatic hydroxyl groups is 2. The topological polar surface area (TPSA) is 233 Å². The Kier molecular flexibility index (Phi) is 14.1. The van der Waals surface area contributed by atoms with Gasteiger partial charge in [0.05, 0.1) is 36.7 Å². The third-order valence-electron chi connectivity index (χ3n) is 13.0. The number of hydrogen-bond acceptors (Lipinski definition) is 14. The van der Waals surface area contributed by atoms with Gasteiger partial charge in [0.15, 0.2) is 11.5 Å². The van der Waals surface area contributed by atoms with Crippen molar-refractivity contribution in [2.45, 2.75) is 122 Å². The molecule has 1 saturated heterocycles. The highest BCUT2D eigenvalue weighted by molar-refractivity contribution is 6.02. The predicted molar refractivity (Wildman–Crippen MR) is 249 cm³/mol. The lowest BCUT2D eigenvalue weighted by Crippen LogP contribution is -2.47. The van der Waals surface area contributed by atoms with Crippen molar-refractivity contribution in [1.82, 2.24) is 24.8 Å². The molecule has 66 heavy (non-hydrogen) atoms. The Labute approximate surface area is 383 Å². The Bertz CT molecular complexity index is 2540. The molecule has 358 valence electrons. The predicted octanol–water partition coefficient (Wildman–Crippen LogP) is 7.17. The minimum atomic E-state index is -3.55. The van der Waals surface area contributed by atoms with Gasteiger partial charge in [-0.15, -0.1) is 0 Å². The number of alkyl halides is 2. The molecule has 1 aliphatic carbocycles. The molecule has 0 spiro atoms. The van der Waals surface area contributed by atoms with Gasteiger partial charge in [-0.1, -0.05) is 18.9 Å². The van der Waals surface area contributed by atoms with Gasteiger partial charge in [0, 0.05) is 65.8 Å². The Morgan fingerprint density at radius 2 is 1.77 bits per heavy atom. The molecule has 1 saturated carbocycles. The van der Waals surface area contributed by atoms with Gasteiger partial charge in [0.25, 0.3) is 0 Å². The standard InChI is InChI=1S/C48H64F2N8O8/c1-27(29-20-30(22-31(51)21-29)48(49,50)46(3,4)64)53-42-33-23-38(37(65-6)24-35(33)54-28(2)55-42)66-26-47(17-18-47)25-57(5)40(60)14-9-7-8-10-19-52-34-13-11-12-32-41(34)45(63)58(44(32)62)36-15-16-39(59)56-43(36)61/h11-13,20-24,27,36,39,43,52,56,59,61-64H,7-10,14-19,25-26,51H2,1-6H3,(H,53,54,55)/t27-,36?,39?,43?/m1/s1. The first-order valence-corrected chi connectivity index (χ1v) is 22.6. The van der Waals surface area contributed by atoms with E-state index in [1.807, 2.05) is 13.1 Å². The van der Waals surface area contributed by atoms with Crippen molar-refractivity contribution in [2.24, 2.45) is 5.41 Å². The molecule has 18 heteroatoms. The van der Waals surface area contributed by atoms with E-state index in [0.29, 0.717) is 95.0 Å². The summed E-state index contributed by atoms with van der Waals surface area (Å²) >= 11 is 0. The zero-order chi connectivity index (χ0) is 47.7. The van der Waals surface area contributed by atoms with E-state index >= 15 is 8.78 Å². The number of benzene rings is 3. The van der Waals surface area contributed by atoms with Crippen LogP contribution in [-0.4, -0.2) is 103 Å². The number of carbonyl (C=O) groups excluding carboxylic acids is 1. The number of ether oxygens (including phenoxy) is 2. The van der Waals surface area contributed by atoms with Crippen LogP contribution >= 0.6 is 0 Å². The Balaban J connectivity index is 0.905. The number of hydrogen-bond donors (Lipinski definition) is 9. The number of anilines is 3. The number of amides is 1. The first-order chi connectivity index (χ1) is 31.2. The van der Waals surface area contributed by atoms with E-state index < -0.39 is 41.6 Å². The maximum Gasteiger partial charge on any atom is 0.300 e. The second-order valence-corrected chi connectivity index (χ2v) is 18.7. The number of nitrogens with two attached hydrogens (primary N) is 1. The van der Waals surface area contributed by atoms with Gasteiger partial charge in [0.2, 0.25) is 17.7 Å². The fourth-order valence-corrected chi connectivity index (χ4v) is 8.84. The molecule has 1 amide bonds. The normalized spacial score (nSPS) is 18.9. The van der Waals surface area contributed by atoms with E-state index in [1.54, 1.807) is 56.2 Å². The van der Waals surface area contributed by atoms with E-state index in [-0.39, 0.29) is 28.8 Å². The van der Waals surface area contributed by atoms with Crippen LogP contribution in [0.2, 0.25) is 0 Å². The lowest BCUT2D eigenvalue weighted by atomic mass is 9.91. The third kappa shape index (κ3) is 10.3. The number of rotatable bonds is 20. The molecule has 2 aromatic heterocycles. The van der Waals surface area contributed by atoms with Crippen molar-refractivity contribution in [3.05, 3.63) is 65.5 Å². The average Bonchev–Trinajstić information content (AvgIpc) is 3.98. The largest absolute Gasteiger partial charge is 0.494 e. The zero-order valence-electron chi connectivity index (χ0n) is 38.5. The molecule has 2 aliphatic rings. The molecular weight excluding hydrogens is 855 g/mol. The highest BCUT2D eigenvalue weighted by Crippen LogP contribution is 2.48. The number of unbranched alkanes of at least 4 members (excludes halogenated alkanes) is 3. The number of carbonyl (C=O) groups is 1. The molecule has 1 aliphatic heterocycles. The zero-order valence-corrected chi connectivity index (χ0v) is 38.5. The number of halogens is 2. The number of aliphatic hydroxyl groups excluding tert-OH is 2. The van der Waals surface area contributed by atoms with Gasteiger partial charge >= 0.3 is 5.92 Å². The number of nitrogens with zero attached hydrogens (tertiary/aromatic N) is 4. The van der Waals surface area contributed by atoms with Crippen LogP contribution in [0.3, 0.4) is 0 Å². The molecule has 0 bridgehead atoms. The summed E-state index contributed by atoms with van der Waals surface area (Å²) in [6, 6.07) is 11.8. The van der Waals surface area contributed by atoms with Crippen molar-refractivity contribution < 1.29 is 48.6 Å². The first-order valence-electron chi connectivity index (χ1n) is 22.6. The molecular formula is C48H64F2N8O8. The number of nitrogens with one attached hydrogen (secondary N) is 3. The number of fused-ring (bicyclic) bond motifs is 2. The van der Waals surface area contributed by atoms with E-state index in [4.69, 9.17) is 15.2 Å². The lowest BCUT2D eigenvalue weighted by Gasteiger charge is -2.33. The maximum absolute atomic E-state index is 15.2. The second-order valence-electron chi connectivity index (χ2n) is 18.7. The summed E-state index contributed by atoms with van der Waals surface area (Å²) in [5, 5.41) is 63.6. The fraction of sp³-hybridized carbons (Fsp3) is 0.521. The van der Waals surface area contributed by atoms with Crippen LogP contribution < -0.4 is 31.2 Å². The lowest BCUT2D eigenvalue weighted by molar-refractivity contribution is -0.168. The number of aliphatic hydroxyl groups is 3. The second kappa shape index (κ2) is 19.3. The molecule has 16 nitrogen and oxygen atoms in total. The summed E-state index contributed by atoms with van der Waals surface area (Å²) in [7, 11) is 3.38. The summed E-state index contributed by atoms with van der Waals surface area (Å²) in [5.41, 5.74) is 5.02. The SMILES string of the molecule is COc1cc2nc(C)nc(N[C@H](C)c3cc(N)cc(C(F)(F)C(C)(C)O)c3)c2cc1OCC1(CN(C)C(=O)CCCCCCNc2cccc3c(O)n(C4CCC(O)NC4O)c(O)c23)CC1. The van der Waals surface area contributed by atoms with Gasteiger partial charge in [-0.25, -0.2) is 9.97 Å². The fourth-order valence-electron chi connectivity index (χ4n) is 8.84. The minimum absolute atomic E-state index is 0.0652. The molecule has 4 atom stereocenters. The van der Waals surface area contributed by atoms with Gasteiger partial charge in [0.1, 0.15) is 29.7 Å². The van der Waals surface area contributed by atoms with E-state index in [2.05, 4.69) is 25.9 Å². The Morgan fingerprint density at radius 1 is 1.03 bits per heavy atom. The first kappa shape index (κ1) is 48.2. The van der Waals surface area contributed by atoms with Crippen molar-refractivity contribution in [2.75, 3.05) is 50.2 Å². The molecule has 7 rings (SSSR count). The highest BCUT2D eigenvalue weighted by Gasteiger charge is 2.48. The molecule has 3 unspecified atom stereocenters. The molecule has 3 aromatic carbocycles. The van der Waals surface area contributed by atoms with E-state index in [1.165, 1.54) is 16.7 Å². The highest BCUT2D eigenvalue weighted by atomic mass is 19.3. The molecule has 10 N–H and O–H groups in total. The van der Waals surface area contributed by atoms with E-state index in [0.717, 1.165) is 52.4 Å². The smallest absolute Gasteiger partial charge is 0.300 e. The van der Waals surface area contributed by atoms with Crippen molar-refractivity contribution >= 4 is 44.8 Å². The van der Waals surface area contributed by atoms with E-state index in [9.17, 15) is 30.3 Å². The number of aryl methyl sites for hydroxylation is 1. The van der Waals surface area contributed by atoms with Crippen LogP contribution in [0.25, 0.3) is 21.7 Å². The van der Waals surface area contributed by atoms with Gasteiger partial charge < -0.3 is 56.3 Å². The minimum Gasteiger partial charge on any atom is -0.494 e. The molecule has 2 fully saturated rings. The van der Waals surface area contributed by atoms with Crippen molar-refractivity contribution in [1.29, 1.82) is 0 Å². The molecule has 0 radical (unpaired) electrons. The van der Waals surface area contributed by atoms with Crippen LogP contribution in [0.5, 0.6) is 23.3 Å². The summed E-state index contributed by atoms with van der Waals surface area (Å²) in [6.07, 6.45) is 4.26. The number of methoxy groups -OCH3 is 1. The molecule has 3 heterocycles. The van der Waals surface area contributed by atoms with Crippen molar-refractivity contribution in [3.8, 4) is 23.3 Å². The van der Waals surface area contributed by atoms with Crippen molar-refractivity contribution in [3.63, 3.8) is 0 Å². The summed E-state index contributed by atoms with van der Waals surface area (Å²) in [6.45, 7) is 7.19. The number of nitrogen functional groups attached to an aromatic ring is 1. The van der Waals surface area contributed by atoms with Gasteiger partial charge in [-0.3, -0.25) is 14.7 Å². The van der Waals surface area contributed by atoms with Gasteiger partial charge in [-0.2, -0.15) is 8.78 Å².